The van der Waals surface area contributed by atoms with Crippen LogP contribution < -0.4 is 4.74 Å². The third kappa shape index (κ3) is 2.81. The monoisotopic (exact) mass is 356 g/mol. The SMILES string of the molecule is CCOc1ccc(S(=O)(=O)N2CCn3c(cc4ccccc43)C2)cc1. The summed E-state index contributed by atoms with van der Waals surface area (Å²) in [6.45, 7) is 3.99. The van der Waals surface area contributed by atoms with E-state index in [1.807, 2.05) is 19.1 Å². The second-order valence-electron chi connectivity index (χ2n) is 6.09. The van der Waals surface area contributed by atoms with Crippen molar-refractivity contribution in [2.24, 2.45) is 0 Å². The number of hydrogen-bond acceptors (Lipinski definition) is 3. The summed E-state index contributed by atoms with van der Waals surface area (Å²) in [4.78, 5) is 0.306. The van der Waals surface area contributed by atoms with E-state index in [9.17, 15) is 8.42 Å². The van der Waals surface area contributed by atoms with Gasteiger partial charge in [-0.25, -0.2) is 8.42 Å². The number of ether oxygens (including phenoxy) is 1. The molecule has 0 saturated heterocycles. The van der Waals surface area contributed by atoms with E-state index in [0.717, 1.165) is 16.6 Å². The Labute approximate surface area is 147 Å². The summed E-state index contributed by atoms with van der Waals surface area (Å²) in [7, 11) is -3.51. The Morgan fingerprint density at radius 3 is 2.56 bits per heavy atom. The lowest BCUT2D eigenvalue weighted by atomic mass is 10.2. The molecular weight excluding hydrogens is 336 g/mol. The molecule has 1 aromatic heterocycles. The molecule has 0 unspecified atom stereocenters. The van der Waals surface area contributed by atoms with Gasteiger partial charge in [-0.2, -0.15) is 4.31 Å². The first-order chi connectivity index (χ1) is 12.1. The maximum atomic E-state index is 13.0. The summed E-state index contributed by atoms with van der Waals surface area (Å²) in [6.07, 6.45) is 0. The summed E-state index contributed by atoms with van der Waals surface area (Å²) in [6, 6.07) is 16.9. The highest BCUT2D eigenvalue weighted by atomic mass is 32.2. The molecule has 0 amide bonds. The fourth-order valence-corrected chi connectivity index (χ4v) is 4.76. The number of benzene rings is 2. The van der Waals surface area contributed by atoms with Gasteiger partial charge in [0.1, 0.15) is 5.75 Å². The number of hydrogen-bond donors (Lipinski definition) is 0. The molecule has 5 nitrogen and oxygen atoms in total. The molecule has 1 aliphatic heterocycles. The molecule has 25 heavy (non-hydrogen) atoms. The Hall–Kier alpha value is -2.31. The normalized spacial score (nSPS) is 15.2. The average molecular weight is 356 g/mol. The maximum Gasteiger partial charge on any atom is 0.243 e. The molecule has 0 atom stereocenters. The minimum absolute atomic E-state index is 0.306. The van der Waals surface area contributed by atoms with Gasteiger partial charge >= 0.3 is 0 Å². The first-order valence-electron chi connectivity index (χ1n) is 8.40. The zero-order chi connectivity index (χ0) is 17.4. The van der Waals surface area contributed by atoms with Crippen molar-refractivity contribution in [1.82, 2.24) is 8.87 Å². The highest BCUT2D eigenvalue weighted by molar-refractivity contribution is 7.89. The smallest absolute Gasteiger partial charge is 0.243 e. The quantitative estimate of drug-likeness (QED) is 0.721. The van der Waals surface area contributed by atoms with E-state index in [-0.39, 0.29) is 0 Å². The van der Waals surface area contributed by atoms with Crippen LogP contribution in [0.5, 0.6) is 5.75 Å². The summed E-state index contributed by atoms with van der Waals surface area (Å²) in [5.41, 5.74) is 2.19. The molecule has 0 N–H and O–H groups in total. The number of para-hydroxylation sites is 1. The standard InChI is InChI=1S/C19H20N2O3S/c1-2-24-17-7-9-18(10-8-17)25(22,23)20-11-12-21-16(14-20)13-15-5-3-4-6-19(15)21/h3-10,13H,2,11-12,14H2,1H3. The zero-order valence-electron chi connectivity index (χ0n) is 14.1. The van der Waals surface area contributed by atoms with Crippen LogP contribution >= 0.6 is 0 Å². The Morgan fingerprint density at radius 1 is 1.04 bits per heavy atom. The number of rotatable bonds is 4. The molecule has 0 spiro atoms. The molecule has 3 aromatic rings. The van der Waals surface area contributed by atoms with Crippen LogP contribution in [-0.2, 0) is 23.1 Å². The predicted octanol–water partition coefficient (Wildman–Crippen LogP) is 3.24. The van der Waals surface area contributed by atoms with Gasteiger partial charge in [0.2, 0.25) is 10.0 Å². The van der Waals surface area contributed by atoms with Gasteiger partial charge < -0.3 is 9.30 Å². The molecule has 0 fully saturated rings. The van der Waals surface area contributed by atoms with E-state index >= 15 is 0 Å². The van der Waals surface area contributed by atoms with E-state index in [2.05, 4.69) is 22.8 Å². The number of nitrogens with zero attached hydrogens (tertiary/aromatic N) is 2. The lowest BCUT2D eigenvalue weighted by Gasteiger charge is -2.28. The molecular formula is C19H20N2O3S. The lowest BCUT2D eigenvalue weighted by Crippen LogP contribution is -2.37. The maximum absolute atomic E-state index is 13.0. The highest BCUT2D eigenvalue weighted by Gasteiger charge is 2.29. The topological polar surface area (TPSA) is 51.5 Å². The van der Waals surface area contributed by atoms with Gasteiger partial charge in [0.05, 0.1) is 18.0 Å². The van der Waals surface area contributed by atoms with Gasteiger partial charge in [-0.3, -0.25) is 0 Å². The summed E-state index contributed by atoms with van der Waals surface area (Å²) >= 11 is 0. The second-order valence-corrected chi connectivity index (χ2v) is 8.03. The minimum atomic E-state index is -3.51. The largest absolute Gasteiger partial charge is 0.494 e. The van der Waals surface area contributed by atoms with Crippen molar-refractivity contribution >= 4 is 20.9 Å². The molecule has 0 saturated carbocycles. The van der Waals surface area contributed by atoms with Crippen molar-refractivity contribution in [3.8, 4) is 5.75 Å². The molecule has 130 valence electrons. The summed E-state index contributed by atoms with van der Waals surface area (Å²) in [5, 5.41) is 1.15. The van der Waals surface area contributed by atoms with Crippen LogP contribution in [0.2, 0.25) is 0 Å². The summed E-state index contributed by atoms with van der Waals surface area (Å²) < 4.78 is 35.1. The predicted molar refractivity (Wildman–Crippen MR) is 97.1 cm³/mol. The second kappa shape index (κ2) is 6.20. The van der Waals surface area contributed by atoms with Crippen LogP contribution in [0.4, 0.5) is 0 Å². The van der Waals surface area contributed by atoms with Crippen LogP contribution in [0.25, 0.3) is 10.9 Å². The molecule has 6 heteroatoms. The molecule has 4 rings (SSSR count). The Bertz CT molecular complexity index is 1010. The van der Waals surface area contributed by atoms with Gasteiger partial charge in [0, 0.05) is 24.3 Å². The van der Waals surface area contributed by atoms with Crippen molar-refractivity contribution in [2.75, 3.05) is 13.2 Å². The van der Waals surface area contributed by atoms with Crippen LogP contribution in [0.15, 0.2) is 59.5 Å². The van der Waals surface area contributed by atoms with Crippen molar-refractivity contribution in [3.63, 3.8) is 0 Å². The third-order valence-corrected chi connectivity index (χ3v) is 6.44. The Kier molecular flexibility index (Phi) is 4.01. The highest BCUT2D eigenvalue weighted by Crippen LogP contribution is 2.28. The van der Waals surface area contributed by atoms with Gasteiger partial charge in [-0.15, -0.1) is 0 Å². The average Bonchev–Trinajstić information content (AvgIpc) is 3.00. The molecule has 0 radical (unpaired) electrons. The molecule has 0 aliphatic carbocycles. The van der Waals surface area contributed by atoms with E-state index < -0.39 is 10.0 Å². The van der Waals surface area contributed by atoms with Crippen molar-refractivity contribution in [3.05, 3.63) is 60.3 Å². The van der Waals surface area contributed by atoms with Gasteiger partial charge in [0.15, 0.2) is 0 Å². The third-order valence-electron chi connectivity index (χ3n) is 4.58. The minimum Gasteiger partial charge on any atom is -0.494 e. The van der Waals surface area contributed by atoms with Crippen molar-refractivity contribution < 1.29 is 13.2 Å². The molecule has 2 aromatic carbocycles. The van der Waals surface area contributed by atoms with Crippen LogP contribution in [0, 0.1) is 0 Å². The Morgan fingerprint density at radius 2 is 1.80 bits per heavy atom. The fourth-order valence-electron chi connectivity index (χ4n) is 3.36. The first kappa shape index (κ1) is 16.2. The van der Waals surface area contributed by atoms with E-state index in [1.54, 1.807) is 28.6 Å². The molecule has 0 bridgehead atoms. The van der Waals surface area contributed by atoms with Crippen LogP contribution in [0.3, 0.4) is 0 Å². The first-order valence-corrected chi connectivity index (χ1v) is 9.84. The van der Waals surface area contributed by atoms with Crippen molar-refractivity contribution in [2.45, 2.75) is 24.9 Å². The Balaban J connectivity index is 1.63. The molecule has 2 heterocycles. The molecule has 1 aliphatic rings. The van der Waals surface area contributed by atoms with E-state index in [0.29, 0.717) is 36.9 Å². The van der Waals surface area contributed by atoms with Gasteiger partial charge in [0.25, 0.3) is 0 Å². The lowest BCUT2D eigenvalue weighted by molar-refractivity contribution is 0.339. The summed E-state index contributed by atoms with van der Waals surface area (Å²) in [5.74, 6) is 0.681. The van der Waals surface area contributed by atoms with Gasteiger partial charge in [-0.05, 0) is 48.7 Å². The zero-order valence-corrected chi connectivity index (χ0v) is 14.9. The van der Waals surface area contributed by atoms with E-state index in [4.69, 9.17) is 4.74 Å². The fraction of sp³-hybridized carbons (Fsp3) is 0.263. The van der Waals surface area contributed by atoms with E-state index in [1.165, 1.54) is 0 Å². The van der Waals surface area contributed by atoms with Crippen molar-refractivity contribution in [1.29, 1.82) is 0 Å². The van der Waals surface area contributed by atoms with Crippen LogP contribution in [-0.4, -0.2) is 30.4 Å². The number of fused-ring (bicyclic) bond motifs is 3. The number of sulfonamides is 1. The number of aromatic nitrogens is 1. The van der Waals surface area contributed by atoms with Crippen LogP contribution in [0.1, 0.15) is 12.6 Å². The van der Waals surface area contributed by atoms with Gasteiger partial charge in [-0.1, -0.05) is 18.2 Å².